The Morgan fingerprint density at radius 1 is 1.19 bits per heavy atom. The predicted octanol–water partition coefficient (Wildman–Crippen LogP) is 6.06. The van der Waals surface area contributed by atoms with Gasteiger partial charge in [-0.05, 0) is 63.6 Å². The summed E-state index contributed by atoms with van der Waals surface area (Å²) in [4.78, 5) is 42.7. The molecule has 4 aromatic rings. The topological polar surface area (TPSA) is 126 Å². The molecular weight excluding hydrogens is 617 g/mol. The van der Waals surface area contributed by atoms with Gasteiger partial charge in [0.25, 0.3) is 11.2 Å². The Hall–Kier alpha value is -4.19. The number of allylic oxidation sites excluding steroid dienone is 1. The van der Waals surface area contributed by atoms with Crippen molar-refractivity contribution in [2.45, 2.75) is 39.8 Å². The summed E-state index contributed by atoms with van der Waals surface area (Å²) in [6.07, 6.45) is 1.19. The maximum Gasteiger partial charge on any atom is 0.338 e. The molecule has 2 aromatic carbocycles. The van der Waals surface area contributed by atoms with Crippen LogP contribution in [0.3, 0.4) is 0 Å². The van der Waals surface area contributed by atoms with E-state index in [0.717, 1.165) is 17.4 Å². The highest BCUT2D eigenvalue weighted by Crippen LogP contribution is 2.37. The quantitative estimate of drug-likeness (QED) is 0.130. The lowest BCUT2D eigenvalue weighted by Gasteiger charge is -2.25. The average molecular weight is 643 g/mol. The van der Waals surface area contributed by atoms with Crippen LogP contribution in [0.25, 0.3) is 17.4 Å². The first kappa shape index (κ1) is 30.3. The fourth-order valence-corrected chi connectivity index (χ4v) is 6.17. The molecule has 0 amide bonds. The van der Waals surface area contributed by atoms with Gasteiger partial charge in [-0.15, -0.1) is 0 Å². The molecule has 1 aliphatic heterocycles. The number of nitrogens with zero attached hydrogens (tertiary/aromatic N) is 3. The Bertz CT molecular complexity index is 1960. The van der Waals surface area contributed by atoms with Crippen molar-refractivity contribution in [3.63, 3.8) is 0 Å². The first-order chi connectivity index (χ1) is 20.5. The Morgan fingerprint density at radius 2 is 1.91 bits per heavy atom. The first-order valence-corrected chi connectivity index (χ1v) is 14.8. The van der Waals surface area contributed by atoms with Gasteiger partial charge in [0.15, 0.2) is 4.80 Å². The fraction of sp³-hybridized carbons (Fsp3) is 0.233. The third kappa shape index (κ3) is 6.01. The van der Waals surface area contributed by atoms with Crippen molar-refractivity contribution < 1.29 is 23.6 Å². The van der Waals surface area contributed by atoms with E-state index in [1.165, 1.54) is 10.6 Å². The van der Waals surface area contributed by atoms with E-state index in [4.69, 9.17) is 37.1 Å². The summed E-state index contributed by atoms with van der Waals surface area (Å²) in [7, 11) is 0. The summed E-state index contributed by atoms with van der Waals surface area (Å²) >= 11 is 13.5. The monoisotopic (exact) mass is 641 g/mol. The second-order valence-corrected chi connectivity index (χ2v) is 11.6. The van der Waals surface area contributed by atoms with Gasteiger partial charge in [-0.2, -0.15) is 0 Å². The van der Waals surface area contributed by atoms with Crippen molar-refractivity contribution in [1.29, 1.82) is 0 Å². The Balaban J connectivity index is 1.60. The highest BCUT2D eigenvalue weighted by atomic mass is 35.5. The number of halogens is 2. The normalized spacial score (nSPS) is 15.0. The molecule has 0 spiro atoms. The van der Waals surface area contributed by atoms with Crippen LogP contribution in [0.4, 0.5) is 5.69 Å². The first-order valence-electron chi connectivity index (χ1n) is 13.2. The van der Waals surface area contributed by atoms with E-state index in [1.54, 1.807) is 51.1 Å². The SMILES string of the molecule is CCOc1ccc([C@H]2C(C(=O)OC(C)C)=C(C)N=c3s/c(=C/c4ccc(-c5cc(Cl)c([N+](=O)[O-])cc5Cl)o4)c(=O)n32)cc1. The zero-order valence-corrected chi connectivity index (χ0v) is 25.7. The summed E-state index contributed by atoms with van der Waals surface area (Å²) < 4.78 is 18.8. The molecule has 0 bridgehead atoms. The molecule has 0 N–H and O–H groups in total. The third-order valence-corrected chi connectivity index (χ3v) is 8.09. The lowest BCUT2D eigenvalue weighted by atomic mass is 9.96. The van der Waals surface area contributed by atoms with Gasteiger partial charge in [0.05, 0.1) is 44.5 Å². The van der Waals surface area contributed by atoms with Crippen LogP contribution in [0.2, 0.25) is 10.0 Å². The number of nitro benzene ring substituents is 1. The summed E-state index contributed by atoms with van der Waals surface area (Å²) in [5, 5.41) is 11.2. The molecule has 43 heavy (non-hydrogen) atoms. The van der Waals surface area contributed by atoms with Crippen LogP contribution < -0.4 is 19.6 Å². The van der Waals surface area contributed by atoms with E-state index < -0.39 is 16.9 Å². The lowest BCUT2D eigenvalue weighted by Crippen LogP contribution is -2.40. The van der Waals surface area contributed by atoms with Gasteiger partial charge >= 0.3 is 5.97 Å². The fourth-order valence-electron chi connectivity index (χ4n) is 4.66. The molecule has 0 aliphatic carbocycles. The molecule has 1 atom stereocenters. The zero-order valence-electron chi connectivity index (χ0n) is 23.4. The van der Waals surface area contributed by atoms with Gasteiger partial charge in [0.2, 0.25) is 0 Å². The van der Waals surface area contributed by atoms with Crippen molar-refractivity contribution in [1.82, 2.24) is 4.57 Å². The van der Waals surface area contributed by atoms with Crippen LogP contribution in [0.1, 0.15) is 45.1 Å². The number of carbonyl (C=O) groups is 1. The van der Waals surface area contributed by atoms with Crippen molar-refractivity contribution >= 4 is 52.3 Å². The number of ether oxygens (including phenoxy) is 2. The Morgan fingerprint density at radius 3 is 2.56 bits per heavy atom. The molecule has 0 radical (unpaired) electrons. The number of hydrogen-bond donors (Lipinski definition) is 0. The highest BCUT2D eigenvalue weighted by molar-refractivity contribution is 7.07. The summed E-state index contributed by atoms with van der Waals surface area (Å²) in [6, 6.07) is 12.2. The largest absolute Gasteiger partial charge is 0.494 e. The molecule has 2 aromatic heterocycles. The molecule has 0 unspecified atom stereocenters. The summed E-state index contributed by atoms with van der Waals surface area (Å²) in [5.74, 6) is 0.744. The number of nitro groups is 1. The number of hydrogen-bond acceptors (Lipinski definition) is 9. The molecule has 222 valence electrons. The molecule has 13 heteroatoms. The van der Waals surface area contributed by atoms with Crippen molar-refractivity contribution in [2.75, 3.05) is 6.61 Å². The van der Waals surface area contributed by atoms with Gasteiger partial charge in [0.1, 0.15) is 22.3 Å². The highest BCUT2D eigenvalue weighted by Gasteiger charge is 2.34. The number of esters is 1. The van der Waals surface area contributed by atoms with E-state index >= 15 is 0 Å². The molecule has 0 saturated heterocycles. The number of thiazole rings is 1. The molecular formula is C30H25Cl2N3O7S. The number of aromatic nitrogens is 1. The van der Waals surface area contributed by atoms with Gasteiger partial charge in [-0.3, -0.25) is 19.5 Å². The predicted molar refractivity (Wildman–Crippen MR) is 163 cm³/mol. The van der Waals surface area contributed by atoms with Crippen LogP contribution in [0.5, 0.6) is 5.75 Å². The van der Waals surface area contributed by atoms with Crippen LogP contribution in [-0.4, -0.2) is 28.2 Å². The van der Waals surface area contributed by atoms with Crippen LogP contribution in [-0.2, 0) is 9.53 Å². The standard InChI is InChI=1S/C30H25Cl2N3O7S/c1-5-40-18-8-6-17(7-9-18)27-26(29(37)41-15(2)3)16(4)33-30-34(27)28(36)25(43-30)12-19-10-11-24(42-19)20-13-22(32)23(35(38)39)14-21(20)31/h6-15,27H,5H2,1-4H3/b25-12+/t27-/m0/s1. The molecule has 1 aliphatic rings. The minimum atomic E-state index is -0.784. The minimum Gasteiger partial charge on any atom is -0.494 e. The molecule has 0 saturated carbocycles. The minimum absolute atomic E-state index is 0.0861. The van der Waals surface area contributed by atoms with Gasteiger partial charge in [-0.1, -0.05) is 46.7 Å². The second kappa shape index (κ2) is 12.2. The molecule has 0 fully saturated rings. The van der Waals surface area contributed by atoms with Crippen molar-refractivity contribution in [2.24, 2.45) is 4.99 Å². The molecule has 3 heterocycles. The maximum absolute atomic E-state index is 13.9. The van der Waals surface area contributed by atoms with Crippen molar-refractivity contribution in [3.05, 3.63) is 111 Å². The van der Waals surface area contributed by atoms with Crippen LogP contribution in [0, 0.1) is 10.1 Å². The van der Waals surface area contributed by atoms with E-state index in [2.05, 4.69) is 4.99 Å². The maximum atomic E-state index is 13.9. The number of rotatable bonds is 8. The average Bonchev–Trinajstić information content (AvgIpc) is 3.53. The zero-order chi connectivity index (χ0) is 31.0. The Labute approximate surface area is 259 Å². The number of fused-ring (bicyclic) bond motifs is 1. The smallest absolute Gasteiger partial charge is 0.338 e. The van der Waals surface area contributed by atoms with Crippen LogP contribution >= 0.6 is 34.5 Å². The number of carbonyl (C=O) groups excluding carboxylic acids is 1. The lowest BCUT2D eigenvalue weighted by molar-refractivity contribution is -0.384. The third-order valence-electron chi connectivity index (χ3n) is 6.49. The van der Waals surface area contributed by atoms with E-state index in [9.17, 15) is 19.7 Å². The number of benzene rings is 2. The number of furan rings is 1. The summed E-state index contributed by atoms with van der Waals surface area (Å²) in [5.41, 5.74) is 1.06. The van der Waals surface area contributed by atoms with Crippen molar-refractivity contribution in [3.8, 4) is 17.1 Å². The van der Waals surface area contributed by atoms with Gasteiger partial charge in [-0.25, -0.2) is 9.79 Å². The van der Waals surface area contributed by atoms with E-state index in [1.807, 2.05) is 19.1 Å². The molecule has 10 nitrogen and oxygen atoms in total. The van der Waals surface area contributed by atoms with E-state index in [0.29, 0.717) is 50.0 Å². The molecule has 5 rings (SSSR count). The van der Waals surface area contributed by atoms with Crippen LogP contribution in [0.15, 0.2) is 74.0 Å². The Kier molecular flexibility index (Phi) is 8.59. The second-order valence-electron chi connectivity index (χ2n) is 9.78. The van der Waals surface area contributed by atoms with E-state index in [-0.39, 0.29) is 33.0 Å². The summed E-state index contributed by atoms with van der Waals surface area (Å²) in [6.45, 7) is 7.61. The van der Waals surface area contributed by atoms with Gasteiger partial charge in [0, 0.05) is 17.7 Å². The van der Waals surface area contributed by atoms with Gasteiger partial charge < -0.3 is 13.9 Å².